The number of rotatable bonds is 0. The Morgan fingerprint density at radius 1 is 1.11 bits per heavy atom. The van der Waals surface area contributed by atoms with E-state index >= 15 is 0 Å². The van der Waals surface area contributed by atoms with E-state index in [1.807, 2.05) is 0 Å². The van der Waals surface area contributed by atoms with Gasteiger partial charge in [-0.3, -0.25) is 0 Å². The van der Waals surface area contributed by atoms with Crippen LogP contribution in [-0.4, -0.2) is 0 Å². The average Bonchev–Trinajstić information content (AvgIpc) is 2.86. The molecule has 0 unspecified atom stereocenters. The number of hydrogen-bond donors (Lipinski definition) is 0. The Kier molecular flexibility index (Phi) is 1.86. The first-order chi connectivity index (χ1) is 8.74. The van der Waals surface area contributed by atoms with Gasteiger partial charge in [0.05, 0.1) is 11.1 Å². The molecule has 18 heavy (non-hydrogen) atoms. The third kappa shape index (κ3) is 1.19. The fourth-order valence-electron chi connectivity index (χ4n) is 3.20. The predicted molar refractivity (Wildman–Crippen MR) is 73.6 cm³/mol. The summed E-state index contributed by atoms with van der Waals surface area (Å²) in [5, 5.41) is 2.50. The largest absolute Gasteiger partial charge is 0.247 e. The van der Waals surface area contributed by atoms with Crippen molar-refractivity contribution in [3.05, 3.63) is 68.9 Å². The van der Waals surface area contributed by atoms with Crippen molar-refractivity contribution < 1.29 is 0 Å². The van der Waals surface area contributed by atoms with Crippen LogP contribution in [0.3, 0.4) is 0 Å². The van der Waals surface area contributed by atoms with Gasteiger partial charge in [-0.1, -0.05) is 23.8 Å². The number of hydrogen-bond acceptors (Lipinski definition) is 1. The van der Waals surface area contributed by atoms with E-state index in [-0.39, 0.29) is 0 Å². The molecule has 0 aromatic heterocycles. The van der Waals surface area contributed by atoms with E-state index < -0.39 is 0 Å². The van der Waals surface area contributed by atoms with Crippen LogP contribution in [0.1, 0.15) is 24.0 Å². The normalized spacial score (nSPS) is 19.4. The van der Waals surface area contributed by atoms with Crippen LogP contribution in [0.25, 0.3) is 5.57 Å². The molecule has 0 radical (unpaired) electrons. The highest BCUT2D eigenvalue weighted by Gasteiger charge is 2.25. The van der Waals surface area contributed by atoms with E-state index in [9.17, 15) is 0 Å². The minimum atomic E-state index is 1.16. The molecule has 0 atom stereocenters. The summed E-state index contributed by atoms with van der Waals surface area (Å²) in [6, 6.07) is 4.49. The molecule has 3 aliphatic rings. The van der Waals surface area contributed by atoms with Crippen molar-refractivity contribution in [1.82, 2.24) is 0 Å². The molecule has 0 N–H and O–H groups in total. The fraction of sp³-hybridized carbons (Fsp3) is 0.235. The lowest BCUT2D eigenvalue weighted by molar-refractivity contribution is 0.969. The highest BCUT2D eigenvalue weighted by Crippen LogP contribution is 2.38. The van der Waals surface area contributed by atoms with Crippen LogP contribution in [0.15, 0.2) is 52.2 Å². The van der Waals surface area contributed by atoms with E-state index in [2.05, 4.69) is 44.2 Å². The van der Waals surface area contributed by atoms with Crippen molar-refractivity contribution in [2.75, 3.05) is 0 Å². The van der Waals surface area contributed by atoms with Gasteiger partial charge in [0.15, 0.2) is 0 Å². The van der Waals surface area contributed by atoms with E-state index in [0.717, 1.165) is 12.8 Å². The monoisotopic (exact) mass is 233 g/mol. The quantitative estimate of drug-likeness (QED) is 0.653. The van der Waals surface area contributed by atoms with Crippen LogP contribution in [0, 0.1) is 13.8 Å². The first kappa shape index (κ1) is 10.1. The van der Waals surface area contributed by atoms with Crippen LogP contribution < -0.4 is 10.6 Å². The van der Waals surface area contributed by atoms with Crippen LogP contribution in [0.2, 0.25) is 0 Å². The molecular formula is C17H15N. The molecule has 1 nitrogen and oxygen atoms in total. The van der Waals surface area contributed by atoms with Crippen LogP contribution in [0.4, 0.5) is 0 Å². The topological polar surface area (TPSA) is 12.4 Å². The van der Waals surface area contributed by atoms with Gasteiger partial charge in [0.2, 0.25) is 0 Å². The zero-order valence-electron chi connectivity index (χ0n) is 10.7. The number of nitrogens with zero attached hydrogens (tertiary/aromatic N) is 1. The number of fused-ring (bicyclic) bond motifs is 3. The number of aryl methyl sites for hydroxylation is 2. The summed E-state index contributed by atoms with van der Waals surface area (Å²) >= 11 is 0. The minimum Gasteiger partial charge on any atom is -0.247 e. The van der Waals surface area contributed by atoms with Crippen LogP contribution in [-0.2, 0) is 0 Å². The molecule has 4 rings (SSSR count). The summed E-state index contributed by atoms with van der Waals surface area (Å²) in [7, 11) is 0. The van der Waals surface area contributed by atoms with Gasteiger partial charge in [0.1, 0.15) is 0 Å². The van der Waals surface area contributed by atoms with Crippen molar-refractivity contribution >= 4 is 5.57 Å². The summed E-state index contributed by atoms with van der Waals surface area (Å²) < 4.78 is 0. The van der Waals surface area contributed by atoms with E-state index in [4.69, 9.17) is 4.99 Å². The van der Waals surface area contributed by atoms with Crippen LogP contribution in [0.5, 0.6) is 0 Å². The van der Waals surface area contributed by atoms with Gasteiger partial charge in [-0.05, 0) is 50.0 Å². The van der Waals surface area contributed by atoms with E-state index in [1.54, 1.807) is 0 Å². The zero-order valence-corrected chi connectivity index (χ0v) is 10.7. The third-order valence-electron chi connectivity index (χ3n) is 4.00. The Morgan fingerprint density at radius 2 is 2.00 bits per heavy atom. The number of allylic oxidation sites excluding steroid dienone is 5. The Hall–Kier alpha value is -1.89. The third-order valence-corrected chi connectivity index (χ3v) is 4.00. The molecule has 0 saturated heterocycles. The van der Waals surface area contributed by atoms with Crippen molar-refractivity contribution in [3.8, 4) is 0 Å². The molecule has 1 aliphatic heterocycles. The Bertz CT molecular complexity index is 786. The molecule has 0 saturated carbocycles. The maximum Gasteiger partial charge on any atom is 0.0791 e. The first-order valence-corrected chi connectivity index (χ1v) is 6.56. The predicted octanol–water partition coefficient (Wildman–Crippen LogP) is 2.63. The lowest BCUT2D eigenvalue weighted by Gasteiger charge is -2.08. The van der Waals surface area contributed by atoms with Gasteiger partial charge in [-0.25, -0.2) is 4.99 Å². The summed E-state index contributed by atoms with van der Waals surface area (Å²) in [4.78, 5) is 4.88. The Balaban J connectivity index is 2.15. The van der Waals surface area contributed by atoms with Crippen LogP contribution >= 0.6 is 0 Å². The van der Waals surface area contributed by atoms with Crippen molar-refractivity contribution in [2.45, 2.75) is 26.7 Å². The second-order valence-corrected chi connectivity index (χ2v) is 5.38. The summed E-state index contributed by atoms with van der Waals surface area (Å²) in [5.74, 6) is 0. The lowest BCUT2D eigenvalue weighted by Crippen LogP contribution is -2.26. The second-order valence-electron chi connectivity index (χ2n) is 5.38. The maximum atomic E-state index is 4.88. The van der Waals surface area contributed by atoms with Crippen molar-refractivity contribution in [1.29, 1.82) is 0 Å². The first-order valence-electron chi connectivity index (χ1n) is 6.56. The van der Waals surface area contributed by atoms with Gasteiger partial charge >= 0.3 is 0 Å². The highest BCUT2D eigenvalue weighted by atomic mass is 14.8. The average molecular weight is 233 g/mol. The number of benzene rings is 1. The summed E-state index contributed by atoms with van der Waals surface area (Å²) in [5.41, 5.74) is 7.97. The van der Waals surface area contributed by atoms with Gasteiger partial charge in [-0.15, -0.1) is 0 Å². The summed E-state index contributed by atoms with van der Waals surface area (Å²) in [6.45, 7) is 4.32. The van der Waals surface area contributed by atoms with Gasteiger partial charge in [-0.2, -0.15) is 0 Å². The molecule has 88 valence electrons. The molecule has 0 fully saturated rings. The lowest BCUT2D eigenvalue weighted by atomic mass is 9.98. The molecule has 0 amide bonds. The fourth-order valence-corrected chi connectivity index (χ4v) is 3.20. The van der Waals surface area contributed by atoms with Gasteiger partial charge in [0.25, 0.3) is 0 Å². The molecule has 1 heteroatoms. The Labute approximate surface area is 107 Å². The molecule has 1 aromatic rings. The van der Waals surface area contributed by atoms with Crippen molar-refractivity contribution in [2.24, 2.45) is 4.99 Å². The SMILES string of the molecule is Cc1cc(C)c2c(c1)=C1C=C3CCC=CC3=C1N=2. The molecule has 1 heterocycles. The van der Waals surface area contributed by atoms with E-state index in [0.29, 0.717) is 0 Å². The molecule has 2 aliphatic carbocycles. The Morgan fingerprint density at radius 3 is 2.89 bits per heavy atom. The molecule has 0 bridgehead atoms. The van der Waals surface area contributed by atoms with Crippen molar-refractivity contribution in [3.63, 3.8) is 0 Å². The maximum absolute atomic E-state index is 4.88. The smallest absolute Gasteiger partial charge is 0.0791 e. The molecule has 0 spiro atoms. The molecule has 1 aromatic carbocycles. The van der Waals surface area contributed by atoms with Gasteiger partial charge < -0.3 is 0 Å². The highest BCUT2D eigenvalue weighted by molar-refractivity contribution is 5.85. The van der Waals surface area contributed by atoms with Gasteiger partial charge in [0, 0.05) is 16.4 Å². The standard InChI is InChI=1S/C17H15N/c1-10-7-11(2)16-14(8-10)15-9-12-5-3-4-6-13(12)17(15)18-16/h4,6-9H,3,5H2,1-2H3. The van der Waals surface area contributed by atoms with E-state index in [1.165, 1.54) is 44.1 Å². The summed E-state index contributed by atoms with van der Waals surface area (Å²) in [6.07, 6.45) is 9.18. The second kappa shape index (κ2) is 3.32. The zero-order chi connectivity index (χ0) is 12.3. The molecular weight excluding hydrogens is 218 g/mol. The minimum absolute atomic E-state index is 1.16.